The summed E-state index contributed by atoms with van der Waals surface area (Å²) in [6.45, 7) is 3.98. The molecule has 80 valence electrons. The molecule has 0 N–H and O–H groups in total. The highest BCUT2D eigenvalue weighted by Gasteiger charge is 2.11. The molecule has 0 saturated carbocycles. The number of aryl methyl sites for hydroxylation is 3. The van der Waals surface area contributed by atoms with Gasteiger partial charge in [0.2, 0.25) is 0 Å². The van der Waals surface area contributed by atoms with Crippen LogP contribution in [0.15, 0.2) is 24.3 Å². The van der Waals surface area contributed by atoms with Gasteiger partial charge in [0.1, 0.15) is 11.5 Å². The van der Waals surface area contributed by atoms with E-state index in [-0.39, 0.29) is 0 Å². The lowest BCUT2D eigenvalue weighted by molar-refractivity contribution is 0.955. The summed E-state index contributed by atoms with van der Waals surface area (Å²) < 4.78 is 2.13. The van der Waals surface area contributed by atoms with Crippen molar-refractivity contribution in [1.82, 2.24) is 14.5 Å². The van der Waals surface area contributed by atoms with Crippen LogP contribution in [0.4, 0.5) is 0 Å². The topological polar surface area (TPSA) is 30.7 Å². The van der Waals surface area contributed by atoms with Crippen LogP contribution in [0.1, 0.15) is 11.5 Å². The number of benzene rings is 1. The molecule has 3 nitrogen and oxygen atoms in total. The lowest BCUT2D eigenvalue weighted by atomic mass is 10.2. The van der Waals surface area contributed by atoms with Gasteiger partial charge in [-0.3, -0.25) is 0 Å². The van der Waals surface area contributed by atoms with E-state index in [1.807, 2.05) is 13.8 Å². The van der Waals surface area contributed by atoms with Crippen LogP contribution in [0, 0.1) is 13.8 Å². The number of hydrogen-bond donors (Lipinski definition) is 0. The van der Waals surface area contributed by atoms with Crippen LogP contribution in [-0.2, 0) is 7.05 Å². The second-order valence-corrected chi connectivity index (χ2v) is 4.13. The molecule has 0 aliphatic rings. The van der Waals surface area contributed by atoms with Gasteiger partial charge in [0.05, 0.1) is 11.2 Å². The highest BCUT2D eigenvalue weighted by molar-refractivity contribution is 6.07. The first kappa shape index (κ1) is 9.33. The van der Waals surface area contributed by atoms with Crippen LogP contribution >= 0.6 is 0 Å². The fourth-order valence-corrected chi connectivity index (χ4v) is 2.34. The van der Waals surface area contributed by atoms with E-state index in [0.717, 1.165) is 17.2 Å². The maximum absolute atomic E-state index is 4.53. The van der Waals surface area contributed by atoms with E-state index < -0.39 is 0 Å². The average molecular weight is 211 g/mol. The third-order valence-electron chi connectivity index (χ3n) is 3.04. The third kappa shape index (κ3) is 1.08. The molecule has 2 aromatic heterocycles. The molecule has 16 heavy (non-hydrogen) atoms. The maximum atomic E-state index is 4.53. The number of aromatic nitrogens is 3. The zero-order valence-corrected chi connectivity index (χ0v) is 9.65. The minimum atomic E-state index is 0.830. The summed E-state index contributed by atoms with van der Waals surface area (Å²) in [6.07, 6.45) is 0. The molecule has 0 bridgehead atoms. The van der Waals surface area contributed by atoms with Crippen molar-refractivity contribution in [2.24, 2.45) is 7.05 Å². The molecule has 0 spiro atoms. The van der Waals surface area contributed by atoms with Crippen LogP contribution in [-0.4, -0.2) is 14.5 Å². The first-order chi connectivity index (χ1) is 7.68. The fraction of sp³-hybridized carbons (Fsp3) is 0.231. The van der Waals surface area contributed by atoms with E-state index in [9.17, 15) is 0 Å². The van der Waals surface area contributed by atoms with Gasteiger partial charge in [-0.1, -0.05) is 18.2 Å². The summed E-state index contributed by atoms with van der Waals surface area (Å²) in [6, 6.07) is 8.35. The molecule has 0 atom stereocenters. The second-order valence-electron chi connectivity index (χ2n) is 4.13. The Morgan fingerprint density at radius 1 is 1.06 bits per heavy atom. The van der Waals surface area contributed by atoms with Gasteiger partial charge in [-0.15, -0.1) is 0 Å². The van der Waals surface area contributed by atoms with Gasteiger partial charge in [0.15, 0.2) is 0 Å². The number of rotatable bonds is 0. The molecule has 2 heterocycles. The van der Waals surface area contributed by atoms with Crippen molar-refractivity contribution in [3.8, 4) is 0 Å². The van der Waals surface area contributed by atoms with Crippen molar-refractivity contribution >= 4 is 21.9 Å². The second kappa shape index (κ2) is 3.04. The van der Waals surface area contributed by atoms with Crippen LogP contribution in [0.5, 0.6) is 0 Å². The van der Waals surface area contributed by atoms with Gasteiger partial charge in [-0.05, 0) is 19.9 Å². The Balaban J connectivity index is 2.67. The van der Waals surface area contributed by atoms with Crippen molar-refractivity contribution < 1.29 is 0 Å². The summed E-state index contributed by atoms with van der Waals surface area (Å²) in [7, 11) is 2.05. The number of para-hydroxylation sites is 1. The van der Waals surface area contributed by atoms with Crippen LogP contribution < -0.4 is 0 Å². The Kier molecular flexibility index (Phi) is 1.78. The minimum absolute atomic E-state index is 0.830. The molecular formula is C13H13N3. The molecule has 0 aliphatic carbocycles. The highest BCUT2D eigenvalue weighted by Crippen LogP contribution is 2.28. The van der Waals surface area contributed by atoms with Gasteiger partial charge in [0, 0.05) is 17.8 Å². The lowest BCUT2D eigenvalue weighted by Gasteiger charge is -1.99. The first-order valence-electron chi connectivity index (χ1n) is 5.37. The maximum Gasteiger partial charge on any atom is 0.144 e. The summed E-state index contributed by atoms with van der Waals surface area (Å²) in [5.74, 6) is 0.830. The molecule has 0 saturated heterocycles. The first-order valence-corrected chi connectivity index (χ1v) is 5.37. The quantitative estimate of drug-likeness (QED) is 0.572. The average Bonchev–Trinajstić information content (AvgIpc) is 2.54. The smallest absolute Gasteiger partial charge is 0.144 e. The molecule has 1 aromatic carbocycles. The SMILES string of the molecule is Cc1nc(C)c2c3ccccc3n(C)c2n1. The Morgan fingerprint density at radius 2 is 1.81 bits per heavy atom. The van der Waals surface area contributed by atoms with Gasteiger partial charge in [-0.25, -0.2) is 9.97 Å². The highest BCUT2D eigenvalue weighted by atomic mass is 15.0. The van der Waals surface area contributed by atoms with Crippen molar-refractivity contribution in [3.05, 3.63) is 35.8 Å². The molecule has 0 aliphatic heterocycles. The van der Waals surface area contributed by atoms with Crippen molar-refractivity contribution in [3.63, 3.8) is 0 Å². The normalized spacial score (nSPS) is 11.4. The van der Waals surface area contributed by atoms with Gasteiger partial charge >= 0.3 is 0 Å². The lowest BCUT2D eigenvalue weighted by Crippen LogP contribution is -1.95. The summed E-state index contributed by atoms with van der Waals surface area (Å²) in [5, 5.41) is 2.40. The minimum Gasteiger partial charge on any atom is -0.328 e. The molecule has 3 rings (SSSR count). The summed E-state index contributed by atoms with van der Waals surface area (Å²) in [4.78, 5) is 8.97. The van der Waals surface area contributed by atoms with E-state index >= 15 is 0 Å². The van der Waals surface area contributed by atoms with Gasteiger partial charge in [0.25, 0.3) is 0 Å². The molecular weight excluding hydrogens is 198 g/mol. The molecule has 0 unspecified atom stereocenters. The van der Waals surface area contributed by atoms with Gasteiger partial charge in [-0.2, -0.15) is 0 Å². The number of nitrogens with zero attached hydrogens (tertiary/aromatic N) is 3. The van der Waals surface area contributed by atoms with Crippen molar-refractivity contribution in [1.29, 1.82) is 0 Å². The van der Waals surface area contributed by atoms with E-state index in [4.69, 9.17) is 0 Å². The Hall–Kier alpha value is -1.90. The summed E-state index contributed by atoms with van der Waals surface area (Å²) in [5.41, 5.74) is 3.28. The largest absolute Gasteiger partial charge is 0.328 e. The van der Waals surface area contributed by atoms with E-state index in [2.05, 4.69) is 45.8 Å². The predicted octanol–water partition coefficient (Wildman–Crippen LogP) is 2.74. The standard InChI is InChI=1S/C13H13N3/c1-8-12-10-6-4-5-7-11(10)16(3)13(12)15-9(2)14-8/h4-7H,1-3H3. The number of fused-ring (bicyclic) bond motifs is 3. The molecule has 0 radical (unpaired) electrons. The van der Waals surface area contributed by atoms with Gasteiger partial charge < -0.3 is 4.57 Å². The van der Waals surface area contributed by atoms with E-state index in [1.54, 1.807) is 0 Å². The summed E-state index contributed by atoms with van der Waals surface area (Å²) >= 11 is 0. The monoisotopic (exact) mass is 211 g/mol. The van der Waals surface area contributed by atoms with Crippen LogP contribution in [0.25, 0.3) is 21.9 Å². The molecule has 0 fully saturated rings. The predicted molar refractivity (Wildman–Crippen MR) is 65.5 cm³/mol. The Morgan fingerprint density at radius 3 is 2.62 bits per heavy atom. The zero-order valence-electron chi connectivity index (χ0n) is 9.65. The van der Waals surface area contributed by atoms with Crippen molar-refractivity contribution in [2.75, 3.05) is 0 Å². The van der Waals surface area contributed by atoms with Crippen LogP contribution in [0.3, 0.4) is 0 Å². The number of hydrogen-bond acceptors (Lipinski definition) is 2. The molecule has 0 amide bonds. The fourth-order valence-electron chi connectivity index (χ4n) is 2.34. The van der Waals surface area contributed by atoms with Crippen LogP contribution in [0.2, 0.25) is 0 Å². The molecule has 3 heteroatoms. The zero-order chi connectivity index (χ0) is 11.3. The Labute approximate surface area is 93.7 Å². The van der Waals surface area contributed by atoms with E-state index in [0.29, 0.717) is 0 Å². The molecule has 3 aromatic rings. The third-order valence-corrected chi connectivity index (χ3v) is 3.04. The van der Waals surface area contributed by atoms with E-state index in [1.165, 1.54) is 16.3 Å². The van der Waals surface area contributed by atoms with Crippen molar-refractivity contribution in [2.45, 2.75) is 13.8 Å². The Bertz CT molecular complexity index is 695.